The van der Waals surface area contributed by atoms with Crippen molar-refractivity contribution in [3.8, 4) is 0 Å². The van der Waals surface area contributed by atoms with Crippen molar-refractivity contribution < 1.29 is 9.66 Å². The van der Waals surface area contributed by atoms with Gasteiger partial charge in [-0.2, -0.15) is 0 Å². The number of nitrogens with zero attached hydrogens (tertiary/aromatic N) is 1. The van der Waals surface area contributed by atoms with Crippen LogP contribution in [0.1, 0.15) is 38.7 Å². The Kier molecular flexibility index (Phi) is 6.89. The lowest BCUT2D eigenvalue weighted by atomic mass is 10.1. The third-order valence-corrected chi connectivity index (χ3v) is 2.73. The molecule has 0 saturated heterocycles. The van der Waals surface area contributed by atoms with Crippen molar-refractivity contribution in [3.05, 3.63) is 33.9 Å². The third kappa shape index (κ3) is 5.26. The molecule has 0 aliphatic carbocycles. The van der Waals surface area contributed by atoms with E-state index in [1.54, 1.807) is 12.1 Å². The van der Waals surface area contributed by atoms with Crippen LogP contribution in [-0.2, 0) is 11.3 Å². The number of ether oxygens (including phenoxy) is 1. The van der Waals surface area contributed by atoms with Crippen LogP contribution in [0.5, 0.6) is 0 Å². The monoisotopic (exact) mass is 266 g/mol. The Morgan fingerprint density at radius 3 is 2.74 bits per heavy atom. The van der Waals surface area contributed by atoms with Crippen LogP contribution in [0.2, 0.25) is 0 Å². The van der Waals surface area contributed by atoms with E-state index in [1.807, 2.05) is 6.92 Å². The zero-order valence-electron chi connectivity index (χ0n) is 11.6. The lowest BCUT2D eigenvalue weighted by Gasteiger charge is -2.09. The van der Waals surface area contributed by atoms with Crippen LogP contribution in [0.25, 0.3) is 0 Å². The number of unbranched alkanes of at least 4 members (excludes halogenated alkanes) is 1. The van der Waals surface area contributed by atoms with Gasteiger partial charge in [-0.1, -0.05) is 20.3 Å². The molecule has 0 bridgehead atoms. The predicted molar refractivity (Wildman–Crippen MR) is 76.4 cm³/mol. The maximum absolute atomic E-state index is 10.9. The fraction of sp³-hybridized carbons (Fsp3) is 0.571. The van der Waals surface area contributed by atoms with Gasteiger partial charge in [0.15, 0.2) is 0 Å². The van der Waals surface area contributed by atoms with Crippen LogP contribution in [0, 0.1) is 10.1 Å². The summed E-state index contributed by atoms with van der Waals surface area (Å²) in [5, 5.41) is 14.0. The van der Waals surface area contributed by atoms with Crippen molar-refractivity contribution in [2.24, 2.45) is 0 Å². The number of benzene rings is 1. The standard InChI is InChI=1S/C14H22N2O3/c1-3-5-9-19-11-12-6-7-14(16(17)18)13(10-12)15-8-4-2/h6-7,10,15H,3-5,8-9,11H2,1-2H3. The molecule has 0 unspecified atom stereocenters. The quantitative estimate of drug-likeness (QED) is 0.420. The molecular formula is C14H22N2O3. The van der Waals surface area contributed by atoms with E-state index in [-0.39, 0.29) is 10.6 Å². The molecule has 106 valence electrons. The molecule has 0 atom stereocenters. The molecule has 0 spiro atoms. The first-order valence-corrected chi connectivity index (χ1v) is 6.78. The van der Waals surface area contributed by atoms with E-state index in [2.05, 4.69) is 12.2 Å². The van der Waals surface area contributed by atoms with E-state index in [4.69, 9.17) is 4.74 Å². The summed E-state index contributed by atoms with van der Waals surface area (Å²) in [6.45, 7) is 6.09. The van der Waals surface area contributed by atoms with Gasteiger partial charge in [-0.05, 0) is 30.5 Å². The first-order chi connectivity index (χ1) is 9.19. The first-order valence-electron chi connectivity index (χ1n) is 6.78. The van der Waals surface area contributed by atoms with E-state index >= 15 is 0 Å². The average Bonchev–Trinajstić information content (AvgIpc) is 2.41. The zero-order valence-corrected chi connectivity index (χ0v) is 11.6. The normalized spacial score (nSPS) is 10.4. The van der Waals surface area contributed by atoms with Crippen molar-refractivity contribution in [1.82, 2.24) is 0 Å². The van der Waals surface area contributed by atoms with Crippen molar-refractivity contribution in [2.45, 2.75) is 39.7 Å². The Balaban J connectivity index is 2.70. The molecule has 0 aliphatic heterocycles. The van der Waals surface area contributed by atoms with E-state index in [0.717, 1.165) is 38.0 Å². The highest BCUT2D eigenvalue weighted by molar-refractivity contribution is 5.62. The maximum atomic E-state index is 10.9. The number of nitro benzene ring substituents is 1. The lowest BCUT2D eigenvalue weighted by molar-refractivity contribution is -0.384. The molecule has 0 saturated carbocycles. The Hall–Kier alpha value is -1.62. The second-order valence-corrected chi connectivity index (χ2v) is 4.44. The summed E-state index contributed by atoms with van der Waals surface area (Å²) in [7, 11) is 0. The maximum Gasteiger partial charge on any atom is 0.292 e. The second-order valence-electron chi connectivity index (χ2n) is 4.44. The lowest BCUT2D eigenvalue weighted by Crippen LogP contribution is -2.04. The van der Waals surface area contributed by atoms with E-state index < -0.39 is 0 Å². The van der Waals surface area contributed by atoms with Gasteiger partial charge in [-0.25, -0.2) is 0 Å². The fourth-order valence-corrected chi connectivity index (χ4v) is 1.67. The summed E-state index contributed by atoms with van der Waals surface area (Å²) in [5.74, 6) is 0. The summed E-state index contributed by atoms with van der Waals surface area (Å²) in [5.41, 5.74) is 1.65. The number of nitro groups is 1. The van der Waals surface area contributed by atoms with Gasteiger partial charge in [0.1, 0.15) is 5.69 Å². The van der Waals surface area contributed by atoms with Crippen LogP contribution in [0.15, 0.2) is 18.2 Å². The molecule has 1 aromatic rings. The third-order valence-electron chi connectivity index (χ3n) is 2.73. The number of hydrogen-bond donors (Lipinski definition) is 1. The van der Waals surface area contributed by atoms with Crippen molar-refractivity contribution >= 4 is 11.4 Å². The van der Waals surface area contributed by atoms with Gasteiger partial charge < -0.3 is 10.1 Å². The Bertz CT molecular complexity index is 408. The first kappa shape index (κ1) is 15.4. The van der Waals surface area contributed by atoms with E-state index in [9.17, 15) is 10.1 Å². The van der Waals surface area contributed by atoms with Crippen molar-refractivity contribution in [3.63, 3.8) is 0 Å². The molecule has 5 heteroatoms. The summed E-state index contributed by atoms with van der Waals surface area (Å²) < 4.78 is 5.52. The number of hydrogen-bond acceptors (Lipinski definition) is 4. The van der Waals surface area contributed by atoms with Crippen molar-refractivity contribution in [2.75, 3.05) is 18.5 Å². The molecule has 19 heavy (non-hydrogen) atoms. The van der Waals surface area contributed by atoms with Crippen LogP contribution in [0.4, 0.5) is 11.4 Å². The molecule has 0 heterocycles. The molecule has 1 aromatic carbocycles. The Morgan fingerprint density at radius 2 is 2.11 bits per heavy atom. The van der Waals surface area contributed by atoms with Gasteiger partial charge >= 0.3 is 0 Å². The minimum absolute atomic E-state index is 0.116. The molecular weight excluding hydrogens is 244 g/mol. The molecule has 0 aliphatic rings. The SMILES string of the molecule is CCCCOCc1ccc([N+](=O)[O-])c(NCCC)c1. The van der Waals surface area contributed by atoms with Gasteiger partial charge in [0, 0.05) is 19.2 Å². The van der Waals surface area contributed by atoms with Crippen molar-refractivity contribution in [1.29, 1.82) is 0 Å². The van der Waals surface area contributed by atoms with Crippen LogP contribution < -0.4 is 5.32 Å². The summed E-state index contributed by atoms with van der Waals surface area (Å²) in [4.78, 5) is 10.6. The molecule has 0 radical (unpaired) electrons. The summed E-state index contributed by atoms with van der Waals surface area (Å²) in [6.07, 6.45) is 3.06. The number of rotatable bonds is 9. The van der Waals surface area contributed by atoms with Gasteiger partial charge in [0.05, 0.1) is 11.5 Å². The average molecular weight is 266 g/mol. The van der Waals surface area contributed by atoms with Gasteiger partial charge in [-0.15, -0.1) is 0 Å². The number of nitrogens with one attached hydrogen (secondary N) is 1. The highest BCUT2D eigenvalue weighted by Crippen LogP contribution is 2.25. The Labute approximate surface area is 114 Å². The summed E-state index contributed by atoms with van der Waals surface area (Å²) in [6, 6.07) is 5.09. The van der Waals surface area contributed by atoms with Gasteiger partial charge in [-0.3, -0.25) is 10.1 Å². The van der Waals surface area contributed by atoms with Gasteiger partial charge in [0.25, 0.3) is 5.69 Å². The number of anilines is 1. The smallest absolute Gasteiger partial charge is 0.292 e. The molecule has 1 rings (SSSR count). The highest BCUT2D eigenvalue weighted by Gasteiger charge is 2.13. The van der Waals surface area contributed by atoms with Crippen LogP contribution in [0.3, 0.4) is 0 Å². The minimum atomic E-state index is -0.361. The molecule has 1 N–H and O–H groups in total. The topological polar surface area (TPSA) is 64.4 Å². The molecule has 0 amide bonds. The zero-order chi connectivity index (χ0) is 14.1. The molecule has 0 fully saturated rings. The predicted octanol–water partition coefficient (Wildman–Crippen LogP) is 3.73. The highest BCUT2D eigenvalue weighted by atomic mass is 16.6. The van der Waals surface area contributed by atoms with E-state index in [1.165, 1.54) is 6.07 Å². The van der Waals surface area contributed by atoms with E-state index in [0.29, 0.717) is 12.3 Å². The van der Waals surface area contributed by atoms with Crippen LogP contribution >= 0.6 is 0 Å². The minimum Gasteiger partial charge on any atom is -0.379 e. The van der Waals surface area contributed by atoms with Gasteiger partial charge in [0.2, 0.25) is 0 Å². The molecule has 0 aromatic heterocycles. The van der Waals surface area contributed by atoms with Crippen LogP contribution in [-0.4, -0.2) is 18.1 Å². The summed E-state index contributed by atoms with van der Waals surface area (Å²) >= 11 is 0. The largest absolute Gasteiger partial charge is 0.379 e. The Morgan fingerprint density at radius 1 is 1.32 bits per heavy atom. The second kappa shape index (κ2) is 8.48. The fourth-order valence-electron chi connectivity index (χ4n) is 1.67. The molecule has 5 nitrogen and oxygen atoms in total.